The number of benzene rings is 2. The topological polar surface area (TPSA) is 50.8 Å². The Labute approximate surface area is 160 Å². The van der Waals surface area contributed by atoms with Gasteiger partial charge in [-0.1, -0.05) is 30.3 Å². The summed E-state index contributed by atoms with van der Waals surface area (Å²) in [7, 11) is -0.382. The molecule has 2 aliphatic rings. The van der Waals surface area contributed by atoms with Crippen molar-refractivity contribution in [2.45, 2.75) is 45.3 Å². The van der Waals surface area contributed by atoms with E-state index in [1.54, 1.807) is 4.90 Å². The summed E-state index contributed by atoms with van der Waals surface area (Å²) in [5.41, 5.74) is 3.16. The van der Waals surface area contributed by atoms with Gasteiger partial charge in [-0.2, -0.15) is 0 Å². The van der Waals surface area contributed by atoms with Gasteiger partial charge in [0.05, 0.1) is 11.2 Å². The Hall–Kier alpha value is -2.31. The highest BCUT2D eigenvalue weighted by atomic mass is 16.7. The number of nitrogens with one attached hydrogen (secondary N) is 1. The van der Waals surface area contributed by atoms with Crippen molar-refractivity contribution >= 4 is 30.0 Å². The monoisotopic (exact) mass is 364 g/mol. The Morgan fingerprint density at radius 2 is 1.70 bits per heavy atom. The largest absolute Gasteiger partial charge is 0.494 e. The van der Waals surface area contributed by atoms with Crippen LogP contribution in [0.4, 0.5) is 16.2 Å². The summed E-state index contributed by atoms with van der Waals surface area (Å²) in [4.78, 5) is 14.4. The van der Waals surface area contributed by atoms with Crippen LogP contribution in [0.3, 0.4) is 0 Å². The quantitative estimate of drug-likeness (QED) is 0.829. The van der Waals surface area contributed by atoms with Crippen LogP contribution < -0.4 is 15.7 Å². The van der Waals surface area contributed by atoms with Crippen LogP contribution in [0, 0.1) is 0 Å². The van der Waals surface area contributed by atoms with Gasteiger partial charge in [-0.25, -0.2) is 4.79 Å². The van der Waals surface area contributed by atoms with Crippen molar-refractivity contribution in [1.82, 2.24) is 0 Å². The van der Waals surface area contributed by atoms with E-state index < -0.39 is 0 Å². The standard InChI is InChI=1S/C21H25BN2O3/c1-20(2)21(3,4)27-22(26-20)16-10-11-18-15(14-16)12-13-24(18)19(25)23-17-8-6-5-7-9-17/h5-11,14H,12-13H2,1-4H3,(H,23,25). The Kier molecular flexibility index (Phi) is 4.28. The molecule has 5 nitrogen and oxygen atoms in total. The third-order valence-corrected chi connectivity index (χ3v) is 5.79. The first-order valence-corrected chi connectivity index (χ1v) is 9.39. The summed E-state index contributed by atoms with van der Waals surface area (Å²) in [6.07, 6.45) is 0.824. The average Bonchev–Trinajstić information content (AvgIpc) is 3.13. The maximum absolute atomic E-state index is 12.7. The zero-order valence-electron chi connectivity index (χ0n) is 16.3. The number of nitrogens with zero attached hydrogens (tertiary/aromatic N) is 1. The molecule has 0 radical (unpaired) electrons. The molecule has 0 saturated carbocycles. The van der Waals surface area contributed by atoms with E-state index in [2.05, 4.69) is 39.1 Å². The molecule has 4 rings (SSSR count). The van der Waals surface area contributed by atoms with Gasteiger partial charge in [0.2, 0.25) is 0 Å². The molecule has 27 heavy (non-hydrogen) atoms. The Morgan fingerprint density at radius 3 is 2.37 bits per heavy atom. The number of urea groups is 1. The molecule has 0 aromatic heterocycles. The number of anilines is 2. The van der Waals surface area contributed by atoms with Gasteiger partial charge in [-0.3, -0.25) is 4.90 Å². The van der Waals surface area contributed by atoms with E-state index in [0.717, 1.165) is 28.8 Å². The summed E-state index contributed by atoms with van der Waals surface area (Å²) in [5, 5.41) is 2.95. The number of fused-ring (bicyclic) bond motifs is 1. The van der Waals surface area contributed by atoms with Gasteiger partial charge in [0.15, 0.2) is 0 Å². The highest BCUT2D eigenvalue weighted by Crippen LogP contribution is 2.37. The molecule has 2 aromatic rings. The van der Waals surface area contributed by atoms with E-state index in [1.807, 2.05) is 42.5 Å². The van der Waals surface area contributed by atoms with Crippen molar-refractivity contribution in [3.63, 3.8) is 0 Å². The van der Waals surface area contributed by atoms with Crippen LogP contribution in [-0.2, 0) is 15.7 Å². The van der Waals surface area contributed by atoms with E-state index in [1.165, 1.54) is 0 Å². The Bertz CT molecular complexity index is 851. The van der Waals surface area contributed by atoms with Crippen molar-refractivity contribution in [3.8, 4) is 0 Å². The van der Waals surface area contributed by atoms with Crippen LogP contribution in [-0.4, -0.2) is 30.9 Å². The van der Waals surface area contributed by atoms with E-state index in [0.29, 0.717) is 6.54 Å². The Morgan fingerprint density at radius 1 is 1.04 bits per heavy atom. The van der Waals surface area contributed by atoms with Crippen LogP contribution in [0.2, 0.25) is 0 Å². The van der Waals surface area contributed by atoms with E-state index >= 15 is 0 Å². The van der Waals surface area contributed by atoms with E-state index in [-0.39, 0.29) is 24.4 Å². The Balaban J connectivity index is 1.52. The van der Waals surface area contributed by atoms with Crippen LogP contribution in [0.5, 0.6) is 0 Å². The van der Waals surface area contributed by atoms with Gasteiger partial charge in [-0.15, -0.1) is 0 Å². The number of rotatable bonds is 2. The summed E-state index contributed by atoms with van der Waals surface area (Å²) in [6, 6.07) is 15.5. The minimum absolute atomic E-state index is 0.108. The second kappa shape index (κ2) is 6.39. The van der Waals surface area contributed by atoms with Gasteiger partial charge in [0.25, 0.3) is 0 Å². The van der Waals surface area contributed by atoms with E-state index in [4.69, 9.17) is 9.31 Å². The molecule has 0 bridgehead atoms. The van der Waals surface area contributed by atoms with Crippen molar-refractivity contribution in [1.29, 1.82) is 0 Å². The molecule has 0 spiro atoms. The maximum Gasteiger partial charge on any atom is 0.494 e. The van der Waals surface area contributed by atoms with Gasteiger partial charge in [0, 0.05) is 17.9 Å². The average molecular weight is 364 g/mol. The van der Waals surface area contributed by atoms with Crippen molar-refractivity contribution in [2.24, 2.45) is 0 Å². The van der Waals surface area contributed by atoms with Gasteiger partial charge in [0.1, 0.15) is 0 Å². The van der Waals surface area contributed by atoms with Crippen molar-refractivity contribution in [2.75, 3.05) is 16.8 Å². The predicted octanol–water partition coefficient (Wildman–Crippen LogP) is 3.58. The number of carbonyl (C=O) groups is 1. The zero-order valence-corrected chi connectivity index (χ0v) is 16.3. The first-order chi connectivity index (χ1) is 12.8. The fraction of sp³-hybridized carbons (Fsp3) is 0.381. The first kappa shape index (κ1) is 18.1. The van der Waals surface area contributed by atoms with E-state index in [9.17, 15) is 4.79 Å². The minimum atomic E-state index is -0.382. The van der Waals surface area contributed by atoms with Crippen LogP contribution in [0.15, 0.2) is 48.5 Å². The van der Waals surface area contributed by atoms with Gasteiger partial charge < -0.3 is 14.6 Å². The summed E-state index contributed by atoms with van der Waals surface area (Å²) in [5.74, 6) is 0. The molecule has 0 aliphatic carbocycles. The lowest BCUT2D eigenvalue weighted by molar-refractivity contribution is 0.00578. The number of hydrogen-bond donors (Lipinski definition) is 1. The van der Waals surface area contributed by atoms with Crippen LogP contribution in [0.25, 0.3) is 0 Å². The third-order valence-electron chi connectivity index (χ3n) is 5.79. The molecule has 2 aromatic carbocycles. The SMILES string of the molecule is CC1(C)OB(c2ccc3c(c2)CCN3C(=O)Nc2ccccc2)OC1(C)C. The summed E-state index contributed by atoms with van der Waals surface area (Å²) < 4.78 is 12.3. The molecular formula is C21H25BN2O3. The second-order valence-corrected chi connectivity index (χ2v) is 8.17. The van der Waals surface area contributed by atoms with Crippen molar-refractivity contribution < 1.29 is 14.1 Å². The lowest BCUT2D eigenvalue weighted by Gasteiger charge is -2.32. The second-order valence-electron chi connectivity index (χ2n) is 8.17. The van der Waals surface area contributed by atoms with Gasteiger partial charge in [-0.05, 0) is 63.3 Å². The van der Waals surface area contributed by atoms with Crippen LogP contribution in [0.1, 0.15) is 33.3 Å². The van der Waals surface area contributed by atoms with Crippen LogP contribution >= 0.6 is 0 Å². The zero-order chi connectivity index (χ0) is 19.2. The van der Waals surface area contributed by atoms with Crippen molar-refractivity contribution in [3.05, 3.63) is 54.1 Å². The smallest absolute Gasteiger partial charge is 0.399 e. The minimum Gasteiger partial charge on any atom is -0.399 e. The lowest BCUT2D eigenvalue weighted by Crippen LogP contribution is -2.41. The molecular weight excluding hydrogens is 339 g/mol. The number of carbonyl (C=O) groups excluding carboxylic acids is 1. The van der Waals surface area contributed by atoms with Gasteiger partial charge >= 0.3 is 13.1 Å². The molecule has 0 atom stereocenters. The fourth-order valence-electron chi connectivity index (χ4n) is 3.47. The molecule has 2 amide bonds. The first-order valence-electron chi connectivity index (χ1n) is 9.39. The molecule has 6 heteroatoms. The third kappa shape index (κ3) is 3.24. The molecule has 1 N–H and O–H groups in total. The number of hydrogen-bond acceptors (Lipinski definition) is 3. The highest BCUT2D eigenvalue weighted by Gasteiger charge is 2.51. The highest BCUT2D eigenvalue weighted by molar-refractivity contribution is 6.62. The lowest BCUT2D eigenvalue weighted by atomic mass is 9.78. The molecule has 2 aliphatic heterocycles. The summed E-state index contributed by atoms with van der Waals surface area (Å²) >= 11 is 0. The molecule has 1 fully saturated rings. The summed E-state index contributed by atoms with van der Waals surface area (Å²) in [6.45, 7) is 8.87. The number of para-hydroxylation sites is 1. The normalized spacial score (nSPS) is 19.9. The maximum atomic E-state index is 12.7. The molecule has 140 valence electrons. The molecule has 1 saturated heterocycles. The molecule has 0 unspecified atom stereocenters. The molecule has 2 heterocycles. The number of amides is 2. The fourth-order valence-corrected chi connectivity index (χ4v) is 3.47. The predicted molar refractivity (Wildman–Crippen MR) is 109 cm³/mol.